The minimum absolute atomic E-state index is 0.453. The maximum atomic E-state index is 4.59. The van der Waals surface area contributed by atoms with Gasteiger partial charge >= 0.3 is 0 Å². The van der Waals surface area contributed by atoms with Gasteiger partial charge in [-0.3, -0.25) is 4.98 Å². The van der Waals surface area contributed by atoms with Gasteiger partial charge in [-0.1, -0.05) is 6.07 Å². The van der Waals surface area contributed by atoms with Gasteiger partial charge in [0.2, 0.25) is 0 Å². The molecule has 3 aromatic heterocycles. The van der Waals surface area contributed by atoms with Gasteiger partial charge < -0.3 is 4.90 Å². The summed E-state index contributed by atoms with van der Waals surface area (Å²) in [7, 11) is 0. The van der Waals surface area contributed by atoms with Crippen LogP contribution in [0.15, 0.2) is 24.4 Å². The van der Waals surface area contributed by atoms with Crippen molar-refractivity contribution < 1.29 is 0 Å². The Morgan fingerprint density at radius 2 is 1.68 bits per heavy atom. The number of anilines is 1. The monoisotopic (exact) mass is 335 g/mol. The average Bonchev–Trinajstić information content (AvgIpc) is 2.86. The first-order valence-corrected chi connectivity index (χ1v) is 8.43. The predicted molar refractivity (Wildman–Crippen MR) is 95.1 cm³/mol. The molecule has 7 heteroatoms. The maximum Gasteiger partial charge on any atom is 0.161 e. The third kappa shape index (κ3) is 2.97. The summed E-state index contributed by atoms with van der Waals surface area (Å²) in [6.45, 7) is 9.61. The lowest BCUT2D eigenvalue weighted by Gasteiger charge is -2.40. The Morgan fingerprint density at radius 3 is 2.32 bits per heavy atom. The number of pyridine rings is 1. The standard InChI is InChI=1S/C18H21N7/c1-11-5-6-16(19-8-11)15-9-24(10-15)17-7-18(22-12(2)21-17)25-14(4)20-13(3)23-25/h5-8,15H,9-10H2,1-4H3. The van der Waals surface area contributed by atoms with Gasteiger partial charge in [0.25, 0.3) is 0 Å². The van der Waals surface area contributed by atoms with Crippen molar-refractivity contribution in [2.45, 2.75) is 33.6 Å². The lowest BCUT2D eigenvalue weighted by atomic mass is 9.95. The minimum Gasteiger partial charge on any atom is -0.355 e. The lowest BCUT2D eigenvalue weighted by molar-refractivity contribution is 0.507. The van der Waals surface area contributed by atoms with Crippen LogP contribution in [0.2, 0.25) is 0 Å². The Kier molecular flexibility index (Phi) is 3.71. The van der Waals surface area contributed by atoms with E-state index in [-0.39, 0.29) is 0 Å². The van der Waals surface area contributed by atoms with Crippen molar-refractivity contribution in [2.24, 2.45) is 0 Å². The average molecular weight is 335 g/mol. The molecule has 0 amide bonds. The number of rotatable bonds is 3. The number of aromatic nitrogens is 6. The van der Waals surface area contributed by atoms with E-state index in [2.05, 4.69) is 49.0 Å². The van der Waals surface area contributed by atoms with Crippen LogP contribution in [-0.2, 0) is 0 Å². The van der Waals surface area contributed by atoms with Gasteiger partial charge in [-0.15, -0.1) is 5.10 Å². The van der Waals surface area contributed by atoms with Crippen LogP contribution >= 0.6 is 0 Å². The molecule has 0 atom stereocenters. The number of hydrogen-bond acceptors (Lipinski definition) is 6. The molecule has 1 saturated heterocycles. The summed E-state index contributed by atoms with van der Waals surface area (Å²) in [5.74, 6) is 4.44. The van der Waals surface area contributed by atoms with Crippen molar-refractivity contribution in [2.75, 3.05) is 18.0 Å². The molecule has 0 bridgehead atoms. The zero-order chi connectivity index (χ0) is 17.6. The Balaban J connectivity index is 1.56. The van der Waals surface area contributed by atoms with E-state index in [4.69, 9.17) is 0 Å². The van der Waals surface area contributed by atoms with E-state index in [1.54, 1.807) is 4.68 Å². The van der Waals surface area contributed by atoms with Crippen molar-refractivity contribution >= 4 is 5.82 Å². The highest BCUT2D eigenvalue weighted by Crippen LogP contribution is 2.30. The Labute approximate surface area is 146 Å². The molecule has 4 rings (SSSR count). The van der Waals surface area contributed by atoms with Crippen LogP contribution in [0.4, 0.5) is 5.82 Å². The highest BCUT2D eigenvalue weighted by Gasteiger charge is 2.30. The molecule has 1 fully saturated rings. The molecule has 0 N–H and O–H groups in total. The van der Waals surface area contributed by atoms with E-state index in [0.717, 1.165) is 47.9 Å². The SMILES string of the molecule is Cc1ccc(C2CN(c3cc(-n4nc(C)nc4C)nc(C)n3)C2)nc1. The van der Waals surface area contributed by atoms with Crippen LogP contribution in [0.3, 0.4) is 0 Å². The summed E-state index contributed by atoms with van der Waals surface area (Å²) in [5.41, 5.74) is 2.34. The van der Waals surface area contributed by atoms with E-state index >= 15 is 0 Å². The van der Waals surface area contributed by atoms with Crippen LogP contribution in [-0.4, -0.2) is 42.8 Å². The van der Waals surface area contributed by atoms with Crippen LogP contribution < -0.4 is 4.90 Å². The van der Waals surface area contributed by atoms with Crippen LogP contribution in [0.5, 0.6) is 0 Å². The molecule has 0 spiro atoms. The highest BCUT2D eigenvalue weighted by molar-refractivity contribution is 5.48. The maximum absolute atomic E-state index is 4.59. The number of nitrogens with zero attached hydrogens (tertiary/aromatic N) is 7. The topological polar surface area (TPSA) is 72.6 Å². The van der Waals surface area contributed by atoms with Gasteiger partial charge in [0.15, 0.2) is 5.82 Å². The Bertz CT molecular complexity index is 908. The zero-order valence-corrected chi connectivity index (χ0v) is 14.9. The van der Waals surface area contributed by atoms with Gasteiger partial charge in [-0.25, -0.2) is 15.0 Å². The Morgan fingerprint density at radius 1 is 0.920 bits per heavy atom. The van der Waals surface area contributed by atoms with Crippen LogP contribution in [0.25, 0.3) is 5.82 Å². The van der Waals surface area contributed by atoms with Crippen molar-refractivity contribution in [1.29, 1.82) is 0 Å². The first-order chi connectivity index (χ1) is 12.0. The second kappa shape index (κ2) is 5.91. The second-order valence-electron chi connectivity index (χ2n) is 6.61. The molecule has 1 aliphatic rings. The fourth-order valence-corrected chi connectivity index (χ4v) is 3.12. The van der Waals surface area contributed by atoms with Gasteiger partial charge in [0.1, 0.15) is 23.3 Å². The summed E-state index contributed by atoms with van der Waals surface area (Å²) in [4.78, 5) is 20.3. The smallest absolute Gasteiger partial charge is 0.161 e. The highest BCUT2D eigenvalue weighted by atomic mass is 15.4. The summed E-state index contributed by atoms with van der Waals surface area (Å²) in [6, 6.07) is 6.22. The lowest BCUT2D eigenvalue weighted by Crippen LogP contribution is -2.46. The quantitative estimate of drug-likeness (QED) is 0.731. The fourth-order valence-electron chi connectivity index (χ4n) is 3.12. The van der Waals surface area contributed by atoms with Gasteiger partial charge in [-0.05, 0) is 39.3 Å². The molecule has 0 unspecified atom stereocenters. The molecule has 128 valence electrons. The molecule has 0 aromatic carbocycles. The molecule has 4 heterocycles. The first-order valence-electron chi connectivity index (χ1n) is 8.43. The molecule has 0 radical (unpaired) electrons. The van der Waals surface area contributed by atoms with E-state index in [1.807, 2.05) is 33.0 Å². The first kappa shape index (κ1) is 15.7. The number of aryl methyl sites for hydroxylation is 4. The molecule has 0 aliphatic carbocycles. The summed E-state index contributed by atoms with van der Waals surface area (Å²) >= 11 is 0. The summed E-state index contributed by atoms with van der Waals surface area (Å²) < 4.78 is 1.77. The normalized spacial score (nSPS) is 14.6. The molecule has 0 saturated carbocycles. The third-order valence-corrected chi connectivity index (χ3v) is 4.46. The van der Waals surface area contributed by atoms with E-state index in [0.29, 0.717) is 5.92 Å². The second-order valence-corrected chi connectivity index (χ2v) is 6.61. The molecular formula is C18H21N7. The third-order valence-electron chi connectivity index (χ3n) is 4.46. The van der Waals surface area contributed by atoms with Gasteiger partial charge in [-0.2, -0.15) is 4.68 Å². The van der Waals surface area contributed by atoms with Gasteiger partial charge in [0, 0.05) is 37.0 Å². The summed E-state index contributed by atoms with van der Waals surface area (Å²) in [5, 5.41) is 4.42. The van der Waals surface area contributed by atoms with E-state index in [1.165, 1.54) is 5.56 Å². The Hall–Kier alpha value is -2.83. The molecule has 7 nitrogen and oxygen atoms in total. The van der Waals surface area contributed by atoms with Crippen molar-refractivity contribution in [1.82, 2.24) is 29.7 Å². The van der Waals surface area contributed by atoms with Crippen molar-refractivity contribution in [3.63, 3.8) is 0 Å². The van der Waals surface area contributed by atoms with Crippen LogP contribution in [0.1, 0.15) is 34.6 Å². The van der Waals surface area contributed by atoms with E-state index < -0.39 is 0 Å². The molecular weight excluding hydrogens is 314 g/mol. The summed E-state index contributed by atoms with van der Waals surface area (Å²) in [6.07, 6.45) is 1.93. The number of hydrogen-bond donors (Lipinski definition) is 0. The zero-order valence-electron chi connectivity index (χ0n) is 14.9. The molecule has 1 aliphatic heterocycles. The minimum atomic E-state index is 0.453. The van der Waals surface area contributed by atoms with Crippen LogP contribution in [0, 0.1) is 27.7 Å². The van der Waals surface area contributed by atoms with Crippen molar-refractivity contribution in [3.05, 3.63) is 53.1 Å². The van der Waals surface area contributed by atoms with E-state index in [9.17, 15) is 0 Å². The fraction of sp³-hybridized carbons (Fsp3) is 0.389. The van der Waals surface area contributed by atoms with Crippen molar-refractivity contribution in [3.8, 4) is 5.82 Å². The largest absolute Gasteiger partial charge is 0.355 e. The molecule has 3 aromatic rings. The van der Waals surface area contributed by atoms with Gasteiger partial charge in [0.05, 0.1) is 0 Å². The molecule has 25 heavy (non-hydrogen) atoms. The predicted octanol–water partition coefficient (Wildman–Crippen LogP) is 2.29.